The molecular weight excluding hydrogens is 246 g/mol. The molecule has 0 spiro atoms. The minimum absolute atomic E-state index is 0.296. The largest absolute Gasteiger partial charge is 0.493 e. The van der Waals surface area contributed by atoms with Crippen LogP contribution in [0.4, 0.5) is 0 Å². The Balaban J connectivity index is 2.15. The van der Waals surface area contributed by atoms with Crippen LogP contribution in [0.3, 0.4) is 0 Å². The summed E-state index contributed by atoms with van der Waals surface area (Å²) in [5.41, 5.74) is 2.03. The van der Waals surface area contributed by atoms with E-state index in [0.29, 0.717) is 19.8 Å². The van der Waals surface area contributed by atoms with Crippen LogP contribution in [-0.2, 0) is 20.7 Å². The molecule has 1 aliphatic heterocycles. The maximum absolute atomic E-state index is 11.9. The third-order valence-electron chi connectivity index (χ3n) is 3.14. The van der Waals surface area contributed by atoms with Gasteiger partial charge in [-0.05, 0) is 23.3 Å². The van der Waals surface area contributed by atoms with Crippen LogP contribution in [0.5, 0.6) is 5.75 Å². The van der Waals surface area contributed by atoms with E-state index in [2.05, 4.69) is 5.32 Å². The molecule has 1 atom stereocenters. The fourth-order valence-corrected chi connectivity index (χ4v) is 2.15. The summed E-state index contributed by atoms with van der Waals surface area (Å²) in [6.07, 6.45) is 0.884. The number of fused-ring (bicyclic) bond motifs is 1. The van der Waals surface area contributed by atoms with Crippen LogP contribution < -0.4 is 10.1 Å². The van der Waals surface area contributed by atoms with Crippen molar-refractivity contribution in [3.8, 4) is 5.75 Å². The second-order valence-corrected chi connectivity index (χ2v) is 4.37. The first-order chi connectivity index (χ1) is 9.26. The Labute approximate surface area is 112 Å². The van der Waals surface area contributed by atoms with Gasteiger partial charge in [-0.25, -0.2) is 4.79 Å². The number of nitrogens with one attached hydrogen (secondary N) is 1. The summed E-state index contributed by atoms with van der Waals surface area (Å²) in [6.45, 7) is 1.84. The summed E-state index contributed by atoms with van der Waals surface area (Å²) >= 11 is 0. The van der Waals surface area contributed by atoms with Gasteiger partial charge in [0.15, 0.2) is 0 Å². The van der Waals surface area contributed by atoms with Crippen molar-refractivity contribution < 1.29 is 19.0 Å². The average molecular weight is 265 g/mol. The van der Waals surface area contributed by atoms with Crippen molar-refractivity contribution in [1.29, 1.82) is 0 Å². The van der Waals surface area contributed by atoms with Crippen LogP contribution >= 0.6 is 0 Å². The Hall–Kier alpha value is -1.59. The lowest BCUT2D eigenvalue weighted by atomic mass is 10.0. The van der Waals surface area contributed by atoms with Gasteiger partial charge in [-0.3, -0.25) is 5.32 Å². The zero-order valence-corrected chi connectivity index (χ0v) is 11.3. The highest BCUT2D eigenvalue weighted by Gasteiger charge is 2.23. The lowest BCUT2D eigenvalue weighted by molar-refractivity contribution is -0.143. The van der Waals surface area contributed by atoms with E-state index in [1.165, 1.54) is 7.11 Å². The number of esters is 1. The molecule has 5 nitrogen and oxygen atoms in total. The third kappa shape index (κ3) is 3.24. The standard InChI is InChI=1S/C14H19NO4/c1-17-8-6-15-13(14(16)18-2)11-3-4-12-10(9-11)5-7-19-12/h3-4,9,13,15H,5-8H2,1-2H3. The van der Waals surface area contributed by atoms with Gasteiger partial charge >= 0.3 is 5.97 Å². The van der Waals surface area contributed by atoms with E-state index in [4.69, 9.17) is 14.2 Å². The molecule has 5 heteroatoms. The highest BCUT2D eigenvalue weighted by molar-refractivity contribution is 5.77. The predicted octanol–water partition coefficient (Wildman–Crippen LogP) is 1.07. The van der Waals surface area contributed by atoms with E-state index >= 15 is 0 Å². The van der Waals surface area contributed by atoms with E-state index < -0.39 is 6.04 Å². The number of methoxy groups -OCH3 is 2. The van der Waals surface area contributed by atoms with Gasteiger partial charge in [0.25, 0.3) is 0 Å². The molecule has 0 aliphatic carbocycles. The molecular formula is C14H19NO4. The van der Waals surface area contributed by atoms with Crippen LogP contribution in [-0.4, -0.2) is 39.9 Å². The highest BCUT2D eigenvalue weighted by atomic mass is 16.5. The van der Waals surface area contributed by atoms with E-state index in [1.54, 1.807) is 7.11 Å². The molecule has 1 N–H and O–H groups in total. The average Bonchev–Trinajstić information content (AvgIpc) is 2.90. The molecule has 0 radical (unpaired) electrons. The van der Waals surface area contributed by atoms with Gasteiger partial charge in [-0.1, -0.05) is 6.07 Å². The van der Waals surface area contributed by atoms with Crippen molar-refractivity contribution in [2.45, 2.75) is 12.5 Å². The Morgan fingerprint density at radius 2 is 2.32 bits per heavy atom. The van der Waals surface area contributed by atoms with Crippen LogP contribution in [0.2, 0.25) is 0 Å². The van der Waals surface area contributed by atoms with E-state index in [1.807, 2.05) is 18.2 Å². The lowest BCUT2D eigenvalue weighted by Crippen LogP contribution is -2.32. The second-order valence-electron chi connectivity index (χ2n) is 4.37. The number of carbonyl (C=O) groups is 1. The van der Waals surface area contributed by atoms with Crippen molar-refractivity contribution in [1.82, 2.24) is 5.32 Å². The molecule has 1 unspecified atom stereocenters. The molecule has 0 saturated carbocycles. The molecule has 0 fully saturated rings. The van der Waals surface area contributed by atoms with Gasteiger partial charge in [0.05, 0.1) is 20.3 Å². The smallest absolute Gasteiger partial charge is 0.327 e. The molecule has 19 heavy (non-hydrogen) atoms. The molecule has 104 valence electrons. The number of rotatable bonds is 6. The van der Waals surface area contributed by atoms with Crippen LogP contribution in [0.25, 0.3) is 0 Å². The normalized spacial score (nSPS) is 14.6. The molecule has 0 amide bonds. The molecule has 0 aromatic heterocycles. The monoisotopic (exact) mass is 265 g/mol. The molecule has 1 aliphatic rings. The number of benzene rings is 1. The Morgan fingerprint density at radius 3 is 3.05 bits per heavy atom. The highest BCUT2D eigenvalue weighted by Crippen LogP contribution is 2.28. The third-order valence-corrected chi connectivity index (χ3v) is 3.14. The Bertz CT molecular complexity index is 447. The topological polar surface area (TPSA) is 56.8 Å². The molecule has 1 heterocycles. The Kier molecular flexibility index (Phi) is 4.76. The van der Waals surface area contributed by atoms with Gasteiger partial charge in [0.1, 0.15) is 11.8 Å². The molecule has 1 aromatic carbocycles. The molecule has 2 rings (SSSR count). The second kappa shape index (κ2) is 6.54. The minimum atomic E-state index is -0.467. The maximum Gasteiger partial charge on any atom is 0.327 e. The van der Waals surface area contributed by atoms with E-state index in [-0.39, 0.29) is 5.97 Å². The summed E-state index contributed by atoms with van der Waals surface area (Å²) < 4.78 is 15.3. The number of hydrogen-bond acceptors (Lipinski definition) is 5. The van der Waals surface area contributed by atoms with Crippen LogP contribution in [0.1, 0.15) is 17.2 Å². The maximum atomic E-state index is 11.9. The number of carbonyl (C=O) groups excluding carboxylic acids is 1. The van der Waals surface area contributed by atoms with E-state index in [9.17, 15) is 4.79 Å². The first kappa shape index (κ1) is 13.8. The zero-order chi connectivity index (χ0) is 13.7. The van der Waals surface area contributed by atoms with Crippen molar-refractivity contribution in [3.05, 3.63) is 29.3 Å². The summed E-state index contributed by atoms with van der Waals surface area (Å²) in [6, 6.07) is 5.34. The van der Waals surface area contributed by atoms with Crippen molar-refractivity contribution in [2.75, 3.05) is 34.0 Å². The first-order valence-electron chi connectivity index (χ1n) is 6.32. The quantitative estimate of drug-likeness (QED) is 0.616. The van der Waals surface area contributed by atoms with Gasteiger partial charge in [-0.2, -0.15) is 0 Å². The predicted molar refractivity (Wildman–Crippen MR) is 70.3 cm³/mol. The Morgan fingerprint density at radius 1 is 1.47 bits per heavy atom. The SMILES string of the molecule is COCCNC(C(=O)OC)c1ccc2c(c1)CCO2. The summed E-state index contributed by atoms with van der Waals surface area (Å²) in [5.74, 6) is 0.610. The lowest BCUT2D eigenvalue weighted by Gasteiger charge is -2.17. The summed E-state index contributed by atoms with van der Waals surface area (Å²) in [4.78, 5) is 11.9. The minimum Gasteiger partial charge on any atom is -0.493 e. The zero-order valence-electron chi connectivity index (χ0n) is 11.3. The molecule has 1 aromatic rings. The fourth-order valence-electron chi connectivity index (χ4n) is 2.15. The molecule has 0 saturated heterocycles. The van der Waals surface area contributed by atoms with Crippen LogP contribution in [0, 0.1) is 0 Å². The van der Waals surface area contributed by atoms with Crippen molar-refractivity contribution >= 4 is 5.97 Å². The van der Waals surface area contributed by atoms with Crippen LogP contribution in [0.15, 0.2) is 18.2 Å². The number of ether oxygens (including phenoxy) is 3. The summed E-state index contributed by atoms with van der Waals surface area (Å²) in [5, 5.41) is 3.14. The first-order valence-corrected chi connectivity index (χ1v) is 6.32. The van der Waals surface area contributed by atoms with Gasteiger partial charge in [-0.15, -0.1) is 0 Å². The summed E-state index contributed by atoms with van der Waals surface area (Å²) in [7, 11) is 3.02. The van der Waals surface area contributed by atoms with Gasteiger partial charge < -0.3 is 14.2 Å². The van der Waals surface area contributed by atoms with Gasteiger partial charge in [0.2, 0.25) is 0 Å². The fraction of sp³-hybridized carbons (Fsp3) is 0.500. The van der Waals surface area contributed by atoms with Crippen molar-refractivity contribution in [3.63, 3.8) is 0 Å². The molecule has 0 bridgehead atoms. The van der Waals surface area contributed by atoms with Gasteiger partial charge in [0, 0.05) is 20.1 Å². The van der Waals surface area contributed by atoms with E-state index in [0.717, 1.165) is 23.3 Å². The van der Waals surface area contributed by atoms with Crippen molar-refractivity contribution in [2.24, 2.45) is 0 Å². The number of hydrogen-bond donors (Lipinski definition) is 1.